The molecule has 16 atom stereocenters. The summed E-state index contributed by atoms with van der Waals surface area (Å²) < 4.78 is 109. The highest BCUT2D eigenvalue weighted by atomic mass is 31.3. The van der Waals surface area contributed by atoms with E-state index in [1.54, 1.807) is 0 Å². The molecule has 9 heterocycles. The Kier molecular flexibility index (Phi) is 14.8. The van der Waals surface area contributed by atoms with Gasteiger partial charge in [0, 0.05) is 7.11 Å². The monoisotopic (exact) mass is 1150 g/mol. The maximum absolute atomic E-state index is 13.7. The maximum atomic E-state index is 13.7. The lowest BCUT2D eigenvalue weighted by Gasteiger charge is -2.26. The second kappa shape index (κ2) is 20.3. The van der Waals surface area contributed by atoms with Gasteiger partial charge in [0.2, 0.25) is 17.7 Å². The summed E-state index contributed by atoms with van der Waals surface area (Å²) in [6.45, 7) is -3.40. The van der Waals surface area contributed by atoms with Gasteiger partial charge in [0.05, 0.1) is 39.5 Å². The molecule has 9 rings (SSSR count). The van der Waals surface area contributed by atoms with Crippen LogP contribution in [-0.4, -0.2) is 175 Å². The van der Waals surface area contributed by atoms with Crippen LogP contribution in [0.2, 0.25) is 0 Å². The number of rotatable bonds is 19. The third kappa shape index (κ3) is 10.9. The highest BCUT2D eigenvalue weighted by Gasteiger charge is 2.54. The number of hydrogen-bond donors (Lipinski definition) is 13. The highest BCUT2D eigenvalue weighted by Crippen LogP contribution is 2.68. The Morgan fingerprint density at radius 1 is 0.667 bits per heavy atom. The summed E-state index contributed by atoms with van der Waals surface area (Å²) in [5.41, 5.74) is 15.4. The zero-order valence-corrected chi connectivity index (χ0v) is 41.5. The molecule has 16 N–H and O–H groups in total. The molecule has 3 fully saturated rings. The summed E-state index contributed by atoms with van der Waals surface area (Å²) in [6.07, 6.45) is -15.8. The Morgan fingerprint density at radius 3 is 1.89 bits per heavy atom. The van der Waals surface area contributed by atoms with Crippen LogP contribution in [0.3, 0.4) is 0 Å². The number of phosphoric acid groups is 4. The molecule has 6 aromatic heterocycles. The Bertz CT molecular complexity index is 3470. The first kappa shape index (κ1) is 54.6. The molecular weight excluding hydrogens is 1100 g/mol. The zero-order chi connectivity index (χ0) is 54.3. The highest BCUT2D eigenvalue weighted by molar-refractivity contribution is 7.66. The van der Waals surface area contributed by atoms with Crippen molar-refractivity contribution >= 4 is 82.5 Å². The summed E-state index contributed by atoms with van der Waals surface area (Å²) in [7, 11) is -20.9. The van der Waals surface area contributed by atoms with Gasteiger partial charge >= 0.3 is 36.9 Å². The van der Waals surface area contributed by atoms with Crippen LogP contribution in [-0.2, 0) is 71.0 Å². The number of nitrogens with two attached hydrogens (primary N) is 3. The standard InChI is InChI=1S/C32H43N15O24P4/c1-44-9-47(25-15(44)27(53)43-32(35)41-25)29-19(51)17(49)11(67-29)4-64-73(56,57)70-75(60,61)71-74(58,59)65-5-12-20(21(62-2)30(68-12)45-7-38-13-22(33)36-6-37-23(13)45)69-72(54,55)63-3-10-16(48)18(50)28(66-10)46-8-39-14-24(46)40-31(34)42-26(14)52/h6-12,16-21,28-30,48-51H,3-5H2,1-2H3,(H11-,33,34,35,36,37,40,41,42,43,52,53,54,55,56,57,58,59,60,61)/p+1/t10-,11-,12-,16-,17-,18-,19-,20-,21-,28-,29?,30?/m1/s1. The van der Waals surface area contributed by atoms with E-state index in [0.717, 1.165) is 35.2 Å². The first-order valence-corrected chi connectivity index (χ1v) is 27.1. The number of H-pyrrole nitrogens is 2. The second-order valence-electron chi connectivity index (χ2n) is 16.5. The minimum atomic E-state index is -6.20. The van der Waals surface area contributed by atoms with E-state index in [2.05, 4.69) is 53.0 Å². The van der Waals surface area contributed by atoms with Gasteiger partial charge in [0.1, 0.15) is 66.8 Å². The largest absolute Gasteiger partial charge is 0.490 e. The van der Waals surface area contributed by atoms with Crippen molar-refractivity contribution in [2.75, 3.05) is 44.1 Å². The number of aromatic nitrogens is 12. The van der Waals surface area contributed by atoms with Crippen molar-refractivity contribution in [1.82, 2.24) is 53.6 Å². The smallest absolute Gasteiger partial charge is 0.387 e. The normalized spacial score (nSPS) is 30.5. The zero-order valence-electron chi connectivity index (χ0n) is 38.0. The topological polar surface area (TPSA) is 562 Å². The van der Waals surface area contributed by atoms with Crippen LogP contribution in [0, 0.1) is 0 Å². The summed E-state index contributed by atoms with van der Waals surface area (Å²) in [4.78, 5) is 95.6. The van der Waals surface area contributed by atoms with Crippen LogP contribution in [0.1, 0.15) is 18.7 Å². The van der Waals surface area contributed by atoms with E-state index in [0.29, 0.717) is 0 Å². The fraction of sp³-hybridized carbons (Fsp3) is 0.531. The third-order valence-electron chi connectivity index (χ3n) is 11.6. The molecule has 3 saturated heterocycles. The minimum Gasteiger partial charge on any atom is -0.387 e. The average Bonchev–Trinajstić information content (AvgIpc) is 4.17. The van der Waals surface area contributed by atoms with Crippen molar-refractivity contribution in [2.45, 2.75) is 73.6 Å². The van der Waals surface area contributed by atoms with Gasteiger partial charge in [-0.05, 0) is 0 Å². The Morgan fingerprint density at radius 2 is 1.23 bits per heavy atom. The lowest BCUT2D eigenvalue weighted by atomic mass is 10.1. The molecule has 0 aromatic carbocycles. The molecule has 0 bridgehead atoms. The number of aliphatic hydroxyl groups excluding tert-OH is 4. The number of aryl methyl sites for hydroxylation is 1. The molecule has 0 spiro atoms. The van der Waals surface area contributed by atoms with E-state index >= 15 is 0 Å². The van der Waals surface area contributed by atoms with Crippen molar-refractivity contribution in [1.29, 1.82) is 0 Å². The lowest BCUT2D eigenvalue weighted by Crippen LogP contribution is -2.46. The number of phosphoric ester groups is 3. The van der Waals surface area contributed by atoms with Crippen LogP contribution in [0.15, 0.2) is 34.9 Å². The average molecular weight is 1150 g/mol. The van der Waals surface area contributed by atoms with Crippen molar-refractivity contribution in [3.05, 3.63) is 46.0 Å². The van der Waals surface area contributed by atoms with Gasteiger partial charge in [0.25, 0.3) is 17.1 Å². The molecular formula is C32H44N15O24P4+. The predicted octanol–water partition coefficient (Wildman–Crippen LogP) is -4.71. The van der Waals surface area contributed by atoms with E-state index in [-0.39, 0.29) is 51.2 Å². The van der Waals surface area contributed by atoms with Gasteiger partial charge < -0.3 is 76.1 Å². The molecule has 75 heavy (non-hydrogen) atoms. The number of aliphatic hydroxyl groups is 4. The van der Waals surface area contributed by atoms with Crippen molar-refractivity contribution < 1.29 is 108 Å². The lowest BCUT2D eigenvalue weighted by molar-refractivity contribution is -0.745. The van der Waals surface area contributed by atoms with Crippen LogP contribution >= 0.6 is 31.3 Å². The van der Waals surface area contributed by atoms with Gasteiger partial charge in [0.15, 0.2) is 41.4 Å². The third-order valence-corrected chi connectivity index (χ3v) is 16.8. The van der Waals surface area contributed by atoms with Crippen molar-refractivity contribution in [3.63, 3.8) is 0 Å². The number of fused-ring (bicyclic) bond motifs is 3. The summed E-state index contributed by atoms with van der Waals surface area (Å²) in [5.74, 6) is -0.716. The van der Waals surface area contributed by atoms with E-state index in [1.807, 2.05) is 0 Å². The summed E-state index contributed by atoms with van der Waals surface area (Å²) in [5, 5.41) is 43.2. The fourth-order valence-corrected chi connectivity index (χ4v) is 12.8. The van der Waals surface area contributed by atoms with Crippen LogP contribution in [0.4, 0.5) is 17.7 Å². The number of nitrogens with one attached hydrogen (secondary N) is 2. The van der Waals surface area contributed by atoms with Gasteiger partial charge in [-0.25, -0.2) is 42.8 Å². The second-order valence-corrected chi connectivity index (χ2v) is 22.5. The van der Waals surface area contributed by atoms with E-state index in [9.17, 15) is 67.8 Å². The van der Waals surface area contributed by atoms with Gasteiger partial charge in [-0.15, -0.1) is 0 Å². The maximum Gasteiger partial charge on any atom is 0.490 e. The molecule has 0 saturated carbocycles. The number of hydrogen-bond acceptors (Lipinski definition) is 29. The summed E-state index contributed by atoms with van der Waals surface area (Å²) in [6, 6.07) is 0. The Labute approximate surface area is 414 Å². The van der Waals surface area contributed by atoms with E-state index in [1.165, 1.54) is 22.5 Å². The Balaban J connectivity index is 0.862. The molecule has 39 nitrogen and oxygen atoms in total. The molecule has 6 aromatic rings. The van der Waals surface area contributed by atoms with Gasteiger partial charge in [-0.2, -0.15) is 13.6 Å². The first-order valence-electron chi connectivity index (χ1n) is 21.2. The van der Waals surface area contributed by atoms with Crippen LogP contribution in [0.25, 0.3) is 33.5 Å². The summed E-state index contributed by atoms with van der Waals surface area (Å²) >= 11 is 0. The molecule has 3 aliphatic rings. The van der Waals surface area contributed by atoms with E-state index < -0.39 is 136 Å². The number of ether oxygens (including phenoxy) is 4. The number of aromatic amines is 2. The molecule has 0 amide bonds. The number of methoxy groups -OCH3 is 1. The van der Waals surface area contributed by atoms with Crippen LogP contribution < -0.4 is 32.9 Å². The Hall–Kier alpha value is -5.15. The quantitative estimate of drug-likeness (QED) is 0.0268. The van der Waals surface area contributed by atoms with Crippen LogP contribution in [0.5, 0.6) is 0 Å². The molecule has 3 aliphatic heterocycles. The number of nitrogens with zero attached hydrogens (tertiary/aromatic N) is 10. The minimum absolute atomic E-state index is 0.00606. The van der Waals surface area contributed by atoms with Gasteiger partial charge in [-0.3, -0.25) is 51.4 Å². The SMILES string of the molecule is CO[C@H]1C(n2cnc3c(N)ncnc32)O[C@H](COP(=O)(O)OP(=O)(O)OP(=O)(O)OC[C@H]2OC([n+]3cn(C)c4c(=O)[nH]c(N)nc43)[C@H](O)[C@@H]2O)[C@H]1OP(=O)(O)OC[C@H]1O[C@@H](n2cnc3c(=O)[nH]c(N)nc32)[C@H](O)[C@@H]1O. The molecule has 0 radical (unpaired) electrons. The predicted molar refractivity (Wildman–Crippen MR) is 239 cm³/mol. The van der Waals surface area contributed by atoms with Crippen molar-refractivity contribution in [2.24, 2.45) is 7.05 Å². The van der Waals surface area contributed by atoms with Gasteiger partial charge in [-0.1, -0.05) is 4.98 Å². The molecule has 43 heteroatoms. The number of anilines is 3. The number of imidazole rings is 3. The molecule has 410 valence electrons. The molecule has 6 unspecified atom stereocenters. The first-order chi connectivity index (χ1) is 35.2. The van der Waals surface area contributed by atoms with Crippen molar-refractivity contribution in [3.8, 4) is 0 Å². The van der Waals surface area contributed by atoms with E-state index in [4.69, 9.17) is 49.7 Å². The molecule has 0 aliphatic carbocycles. The number of nitrogen functional groups attached to an aromatic ring is 3. The fourth-order valence-electron chi connectivity index (χ4n) is 8.29.